The van der Waals surface area contributed by atoms with Crippen LogP contribution in [0, 0.1) is 0 Å². The first kappa shape index (κ1) is 18.8. The molecule has 142 valence electrons. The average molecular weight is 378 g/mol. The molecule has 0 aliphatic carbocycles. The molecule has 0 aliphatic heterocycles. The van der Waals surface area contributed by atoms with E-state index in [0.29, 0.717) is 16.9 Å². The van der Waals surface area contributed by atoms with Crippen LogP contribution in [0.2, 0.25) is 0 Å². The van der Waals surface area contributed by atoms with E-state index < -0.39 is 17.1 Å². The first-order chi connectivity index (χ1) is 13.4. The number of hydrogen-bond donors (Lipinski definition) is 2. The van der Waals surface area contributed by atoms with Crippen LogP contribution in [-0.4, -0.2) is 45.8 Å². The van der Waals surface area contributed by atoms with Crippen molar-refractivity contribution in [3.05, 3.63) is 86.6 Å². The minimum Gasteiger partial charge on any atom is -0.493 e. The van der Waals surface area contributed by atoms with Crippen LogP contribution in [0.3, 0.4) is 0 Å². The van der Waals surface area contributed by atoms with Crippen LogP contribution in [0.15, 0.2) is 69.2 Å². The SMILES string of the molecule is CN(C)C(=O)c1ccc(N=Cc2c(O)n(-c3ccccc3)c(=O)[nH]c2=O)cc1. The molecule has 0 fully saturated rings. The van der Waals surface area contributed by atoms with Crippen LogP contribution >= 0.6 is 0 Å². The van der Waals surface area contributed by atoms with E-state index in [2.05, 4.69) is 9.98 Å². The topological polar surface area (TPSA) is 108 Å². The summed E-state index contributed by atoms with van der Waals surface area (Å²) in [5.41, 5.74) is -0.275. The lowest BCUT2D eigenvalue weighted by atomic mass is 10.2. The van der Waals surface area contributed by atoms with Gasteiger partial charge in [0.1, 0.15) is 5.56 Å². The van der Waals surface area contributed by atoms with Crippen molar-refractivity contribution in [1.82, 2.24) is 14.5 Å². The second-order valence-electron chi connectivity index (χ2n) is 6.17. The molecule has 0 saturated heterocycles. The van der Waals surface area contributed by atoms with Crippen molar-refractivity contribution in [2.24, 2.45) is 4.99 Å². The summed E-state index contributed by atoms with van der Waals surface area (Å²) in [5, 5.41) is 10.5. The summed E-state index contributed by atoms with van der Waals surface area (Å²) in [4.78, 5) is 43.9. The van der Waals surface area contributed by atoms with E-state index in [4.69, 9.17) is 0 Å². The fraction of sp³-hybridized carbons (Fsp3) is 0.100. The van der Waals surface area contributed by atoms with Crippen molar-refractivity contribution in [3.63, 3.8) is 0 Å². The van der Waals surface area contributed by atoms with Gasteiger partial charge in [-0.05, 0) is 36.4 Å². The van der Waals surface area contributed by atoms with Gasteiger partial charge in [0, 0.05) is 25.9 Å². The highest BCUT2D eigenvalue weighted by atomic mass is 16.3. The van der Waals surface area contributed by atoms with Crippen LogP contribution in [0.1, 0.15) is 15.9 Å². The lowest BCUT2D eigenvalue weighted by Gasteiger charge is -2.10. The number of aromatic hydroxyl groups is 1. The molecule has 1 heterocycles. The Morgan fingerprint density at radius 1 is 1.07 bits per heavy atom. The third-order valence-electron chi connectivity index (χ3n) is 4.00. The Morgan fingerprint density at radius 2 is 1.71 bits per heavy atom. The lowest BCUT2D eigenvalue weighted by Crippen LogP contribution is -2.31. The third kappa shape index (κ3) is 3.75. The van der Waals surface area contributed by atoms with Gasteiger partial charge in [-0.25, -0.2) is 9.36 Å². The maximum absolute atomic E-state index is 12.1. The van der Waals surface area contributed by atoms with Crippen LogP contribution in [0.4, 0.5) is 5.69 Å². The molecular formula is C20H18N4O4. The normalized spacial score (nSPS) is 10.9. The highest BCUT2D eigenvalue weighted by Crippen LogP contribution is 2.17. The molecule has 0 unspecified atom stereocenters. The molecule has 2 aromatic carbocycles. The molecule has 0 saturated carbocycles. The highest BCUT2D eigenvalue weighted by molar-refractivity contribution is 5.94. The Labute approximate surface area is 160 Å². The smallest absolute Gasteiger partial charge is 0.335 e. The van der Waals surface area contributed by atoms with Gasteiger partial charge in [-0.2, -0.15) is 0 Å². The number of carbonyl (C=O) groups excluding carboxylic acids is 1. The minimum atomic E-state index is -0.752. The van der Waals surface area contributed by atoms with Crippen molar-refractivity contribution in [3.8, 4) is 11.6 Å². The zero-order chi connectivity index (χ0) is 20.3. The Morgan fingerprint density at radius 3 is 2.32 bits per heavy atom. The van der Waals surface area contributed by atoms with Gasteiger partial charge in [-0.3, -0.25) is 19.6 Å². The first-order valence-electron chi connectivity index (χ1n) is 8.38. The standard InChI is InChI=1S/C20H18N4O4/c1-23(2)18(26)13-8-10-14(11-9-13)21-12-16-17(25)22-20(28)24(19(16)27)15-6-4-3-5-7-15/h3-12,27H,1-2H3,(H,22,25,28). The van der Waals surface area contributed by atoms with Gasteiger partial charge in [0.05, 0.1) is 11.4 Å². The summed E-state index contributed by atoms with van der Waals surface area (Å²) in [6, 6.07) is 14.9. The van der Waals surface area contributed by atoms with Crippen molar-refractivity contribution >= 4 is 17.8 Å². The molecule has 2 N–H and O–H groups in total. The lowest BCUT2D eigenvalue weighted by molar-refractivity contribution is 0.0827. The van der Waals surface area contributed by atoms with E-state index in [1.165, 1.54) is 11.1 Å². The molecule has 0 radical (unpaired) electrons. The summed E-state index contributed by atoms with van der Waals surface area (Å²) >= 11 is 0. The van der Waals surface area contributed by atoms with Crippen LogP contribution < -0.4 is 11.2 Å². The van der Waals surface area contributed by atoms with Gasteiger partial charge in [-0.1, -0.05) is 18.2 Å². The monoisotopic (exact) mass is 378 g/mol. The van der Waals surface area contributed by atoms with Crippen LogP contribution in [0.5, 0.6) is 5.88 Å². The number of hydrogen-bond acceptors (Lipinski definition) is 5. The summed E-state index contributed by atoms with van der Waals surface area (Å²) in [6.45, 7) is 0. The molecule has 28 heavy (non-hydrogen) atoms. The number of rotatable bonds is 4. The number of aromatic amines is 1. The van der Waals surface area contributed by atoms with Crippen molar-refractivity contribution in [2.45, 2.75) is 0 Å². The van der Waals surface area contributed by atoms with Gasteiger partial charge in [0.25, 0.3) is 11.5 Å². The number of aromatic nitrogens is 2. The van der Waals surface area contributed by atoms with Gasteiger partial charge in [0.2, 0.25) is 5.88 Å². The molecule has 0 bridgehead atoms. The molecule has 0 atom stereocenters. The number of nitrogens with zero attached hydrogens (tertiary/aromatic N) is 3. The van der Waals surface area contributed by atoms with Crippen molar-refractivity contribution in [1.29, 1.82) is 0 Å². The fourth-order valence-electron chi connectivity index (χ4n) is 2.56. The Hall–Kier alpha value is -3.94. The zero-order valence-corrected chi connectivity index (χ0v) is 15.3. The maximum atomic E-state index is 12.1. The molecule has 3 rings (SSSR count). The second-order valence-corrected chi connectivity index (χ2v) is 6.17. The molecule has 8 nitrogen and oxygen atoms in total. The summed E-state index contributed by atoms with van der Waals surface area (Å²) < 4.78 is 0.988. The summed E-state index contributed by atoms with van der Waals surface area (Å²) in [5.74, 6) is -0.650. The van der Waals surface area contributed by atoms with Gasteiger partial charge in [-0.15, -0.1) is 0 Å². The quantitative estimate of drug-likeness (QED) is 0.674. The van der Waals surface area contributed by atoms with E-state index >= 15 is 0 Å². The Balaban J connectivity index is 1.98. The maximum Gasteiger partial charge on any atom is 0.335 e. The third-order valence-corrected chi connectivity index (χ3v) is 4.00. The largest absolute Gasteiger partial charge is 0.493 e. The van der Waals surface area contributed by atoms with Crippen LogP contribution in [0.25, 0.3) is 5.69 Å². The predicted octanol–water partition coefficient (Wildman–Crippen LogP) is 1.68. The molecular weight excluding hydrogens is 360 g/mol. The summed E-state index contributed by atoms with van der Waals surface area (Å²) in [6.07, 6.45) is 1.18. The van der Waals surface area contributed by atoms with Gasteiger partial charge in [0.15, 0.2) is 0 Å². The van der Waals surface area contributed by atoms with E-state index in [9.17, 15) is 19.5 Å². The van der Waals surface area contributed by atoms with E-state index in [1.807, 2.05) is 0 Å². The number of aliphatic imine (C=N–C) groups is 1. The minimum absolute atomic E-state index is 0.139. The Bertz CT molecular complexity index is 1140. The number of nitrogens with one attached hydrogen (secondary N) is 1. The number of carbonyl (C=O) groups is 1. The van der Waals surface area contributed by atoms with E-state index in [-0.39, 0.29) is 11.5 Å². The number of H-pyrrole nitrogens is 1. The van der Waals surface area contributed by atoms with E-state index in [1.54, 1.807) is 68.7 Å². The zero-order valence-electron chi connectivity index (χ0n) is 15.3. The second kappa shape index (κ2) is 7.75. The Kier molecular flexibility index (Phi) is 5.21. The molecule has 0 aliphatic rings. The molecule has 8 heteroatoms. The molecule has 1 amide bonds. The number of amides is 1. The number of benzene rings is 2. The molecule has 0 spiro atoms. The first-order valence-corrected chi connectivity index (χ1v) is 8.38. The molecule has 1 aromatic heterocycles. The van der Waals surface area contributed by atoms with Crippen LogP contribution in [-0.2, 0) is 0 Å². The highest BCUT2D eigenvalue weighted by Gasteiger charge is 2.14. The van der Waals surface area contributed by atoms with E-state index in [0.717, 1.165) is 4.57 Å². The molecule has 3 aromatic rings. The predicted molar refractivity (Wildman–Crippen MR) is 106 cm³/mol. The summed E-state index contributed by atoms with van der Waals surface area (Å²) in [7, 11) is 3.32. The van der Waals surface area contributed by atoms with Gasteiger partial charge < -0.3 is 10.0 Å². The fourth-order valence-corrected chi connectivity index (χ4v) is 2.56. The van der Waals surface area contributed by atoms with Crippen molar-refractivity contribution < 1.29 is 9.90 Å². The number of para-hydroxylation sites is 1. The van der Waals surface area contributed by atoms with Gasteiger partial charge >= 0.3 is 5.69 Å². The van der Waals surface area contributed by atoms with Crippen molar-refractivity contribution in [2.75, 3.05) is 14.1 Å². The average Bonchev–Trinajstić information content (AvgIpc) is 2.68.